The van der Waals surface area contributed by atoms with Crippen molar-refractivity contribution in [2.24, 2.45) is 4.99 Å². The Bertz CT molecular complexity index is 1150. The molecule has 0 atom stereocenters. The van der Waals surface area contributed by atoms with Gasteiger partial charge >= 0.3 is 0 Å². The second kappa shape index (κ2) is 6.16. The van der Waals surface area contributed by atoms with Crippen LogP contribution in [0.2, 0.25) is 0 Å². The number of nitrogens with zero attached hydrogens (tertiary/aromatic N) is 2. The predicted molar refractivity (Wildman–Crippen MR) is 110 cm³/mol. The lowest BCUT2D eigenvalue weighted by Crippen LogP contribution is -2.19. The van der Waals surface area contributed by atoms with E-state index in [1.807, 2.05) is 18.2 Å². The molecule has 0 bridgehead atoms. The van der Waals surface area contributed by atoms with Crippen LogP contribution in [0, 0.1) is 13.8 Å². The highest BCUT2D eigenvalue weighted by Gasteiger charge is 2.22. The minimum absolute atomic E-state index is 0.802. The first kappa shape index (κ1) is 15.9. The molecule has 0 saturated heterocycles. The largest absolute Gasteiger partial charge is 0.455 e. The van der Waals surface area contributed by atoms with E-state index in [2.05, 4.69) is 71.2 Å². The van der Waals surface area contributed by atoms with Gasteiger partial charge in [0.2, 0.25) is 0 Å². The van der Waals surface area contributed by atoms with Crippen LogP contribution in [0.5, 0.6) is 0 Å². The number of hydrogen-bond donors (Lipinski definition) is 1. The maximum absolute atomic E-state index is 6.38. The Labute approximate surface area is 158 Å². The maximum atomic E-state index is 6.38. The van der Waals surface area contributed by atoms with Crippen molar-refractivity contribution < 1.29 is 4.42 Å². The number of fused-ring (bicyclic) bond motifs is 1. The molecule has 2 aromatic carbocycles. The third kappa shape index (κ3) is 2.56. The van der Waals surface area contributed by atoms with E-state index in [4.69, 9.17) is 4.42 Å². The highest BCUT2D eigenvalue weighted by Crippen LogP contribution is 2.35. The number of nitrogens with one attached hydrogen (secondary N) is 1. The van der Waals surface area contributed by atoms with Gasteiger partial charge in [-0.3, -0.25) is 4.99 Å². The van der Waals surface area contributed by atoms with Gasteiger partial charge in [0.25, 0.3) is 0 Å². The van der Waals surface area contributed by atoms with E-state index in [9.17, 15) is 0 Å². The Morgan fingerprint density at radius 2 is 1.74 bits per heavy atom. The molecule has 1 aliphatic heterocycles. The van der Waals surface area contributed by atoms with Crippen molar-refractivity contribution in [2.75, 3.05) is 13.1 Å². The molecule has 0 saturated carbocycles. The molecule has 0 unspecified atom stereocenters. The molecule has 4 heteroatoms. The highest BCUT2D eigenvalue weighted by atomic mass is 16.3. The molecular formula is C23H21N3O. The zero-order chi connectivity index (χ0) is 18.4. The fraction of sp³-hybridized carbons (Fsp3) is 0.174. The lowest BCUT2D eigenvalue weighted by molar-refractivity contribution is 0.630. The number of aliphatic imine (C=N–C) groups is 1. The summed E-state index contributed by atoms with van der Waals surface area (Å²) in [7, 11) is 0. The standard InChI is InChI=1S/C23H21N3O/c1-15-8-9-16(2)26(15)18-10-11-19-20(14-18)27-22(17-6-4-3-5-7-17)21(19)23-24-12-13-25-23/h3-11,14H,12-13H2,1-2H3,(H,24,25). The first-order chi connectivity index (χ1) is 13.2. The number of benzene rings is 2. The smallest absolute Gasteiger partial charge is 0.146 e. The van der Waals surface area contributed by atoms with Crippen molar-refractivity contribution in [3.8, 4) is 17.0 Å². The van der Waals surface area contributed by atoms with Crippen LogP contribution in [0.4, 0.5) is 0 Å². The molecule has 2 aromatic heterocycles. The minimum Gasteiger partial charge on any atom is -0.455 e. The molecule has 0 spiro atoms. The quantitative estimate of drug-likeness (QED) is 0.570. The molecule has 1 N–H and O–H groups in total. The van der Waals surface area contributed by atoms with E-state index >= 15 is 0 Å². The summed E-state index contributed by atoms with van der Waals surface area (Å²) in [5.74, 6) is 1.80. The van der Waals surface area contributed by atoms with Gasteiger partial charge in [-0.05, 0) is 38.1 Å². The summed E-state index contributed by atoms with van der Waals surface area (Å²) < 4.78 is 8.63. The van der Waals surface area contributed by atoms with Gasteiger partial charge in [0, 0.05) is 40.6 Å². The van der Waals surface area contributed by atoms with E-state index in [0.29, 0.717) is 0 Å². The van der Waals surface area contributed by atoms with Crippen molar-refractivity contribution in [3.63, 3.8) is 0 Å². The van der Waals surface area contributed by atoms with E-state index in [0.717, 1.165) is 52.5 Å². The van der Waals surface area contributed by atoms with Crippen LogP contribution in [0.15, 0.2) is 70.1 Å². The average Bonchev–Trinajstić information content (AvgIpc) is 3.40. The van der Waals surface area contributed by atoms with E-state index in [1.165, 1.54) is 11.4 Å². The molecule has 27 heavy (non-hydrogen) atoms. The minimum atomic E-state index is 0.802. The van der Waals surface area contributed by atoms with E-state index in [1.54, 1.807) is 0 Å². The Kier molecular flexibility index (Phi) is 3.64. The van der Waals surface area contributed by atoms with Gasteiger partial charge in [-0.2, -0.15) is 0 Å². The van der Waals surface area contributed by atoms with Gasteiger partial charge in [0.05, 0.1) is 12.1 Å². The highest BCUT2D eigenvalue weighted by molar-refractivity contribution is 6.14. The second-order valence-corrected chi connectivity index (χ2v) is 6.96. The lowest BCUT2D eigenvalue weighted by Gasteiger charge is -2.09. The SMILES string of the molecule is Cc1ccc(C)n1-c1ccc2c(C3=NCCN3)c(-c3ccccc3)oc2c1. The molecular weight excluding hydrogens is 334 g/mol. The van der Waals surface area contributed by atoms with E-state index < -0.39 is 0 Å². The Hall–Kier alpha value is -3.27. The molecule has 5 rings (SSSR count). The van der Waals surface area contributed by atoms with Crippen LogP contribution < -0.4 is 5.32 Å². The molecule has 1 aliphatic rings. The third-order valence-electron chi connectivity index (χ3n) is 5.15. The fourth-order valence-electron chi connectivity index (χ4n) is 3.89. The number of aryl methyl sites for hydroxylation is 2. The van der Waals surface area contributed by atoms with Gasteiger partial charge in [-0.15, -0.1) is 0 Å². The zero-order valence-corrected chi connectivity index (χ0v) is 15.5. The van der Waals surface area contributed by atoms with Crippen molar-refractivity contribution in [2.45, 2.75) is 13.8 Å². The summed E-state index contributed by atoms with van der Waals surface area (Å²) in [5, 5.41) is 4.50. The van der Waals surface area contributed by atoms with Crippen LogP contribution in [0.1, 0.15) is 17.0 Å². The number of rotatable bonds is 3. The molecule has 0 amide bonds. The fourth-order valence-corrected chi connectivity index (χ4v) is 3.89. The van der Waals surface area contributed by atoms with Gasteiger partial charge in [-0.1, -0.05) is 30.3 Å². The average molecular weight is 355 g/mol. The van der Waals surface area contributed by atoms with Crippen molar-refractivity contribution in [3.05, 3.63) is 77.6 Å². The molecule has 4 aromatic rings. The van der Waals surface area contributed by atoms with Crippen LogP contribution in [-0.4, -0.2) is 23.5 Å². The maximum Gasteiger partial charge on any atom is 0.146 e. The summed E-state index contributed by atoms with van der Waals surface area (Å²) in [4.78, 5) is 4.66. The molecule has 0 aliphatic carbocycles. The normalized spacial score (nSPS) is 13.8. The summed E-state index contributed by atoms with van der Waals surface area (Å²) >= 11 is 0. The lowest BCUT2D eigenvalue weighted by atomic mass is 10.0. The molecule has 3 heterocycles. The van der Waals surface area contributed by atoms with Crippen LogP contribution in [0.3, 0.4) is 0 Å². The van der Waals surface area contributed by atoms with Crippen LogP contribution >= 0.6 is 0 Å². The van der Waals surface area contributed by atoms with Crippen molar-refractivity contribution >= 4 is 16.8 Å². The van der Waals surface area contributed by atoms with Gasteiger partial charge < -0.3 is 14.3 Å². The van der Waals surface area contributed by atoms with Gasteiger partial charge in [-0.25, -0.2) is 0 Å². The van der Waals surface area contributed by atoms with E-state index in [-0.39, 0.29) is 0 Å². The first-order valence-electron chi connectivity index (χ1n) is 9.28. The Morgan fingerprint density at radius 1 is 0.963 bits per heavy atom. The zero-order valence-electron chi connectivity index (χ0n) is 15.5. The Balaban J connectivity index is 1.75. The third-order valence-corrected chi connectivity index (χ3v) is 5.15. The van der Waals surface area contributed by atoms with Crippen molar-refractivity contribution in [1.29, 1.82) is 0 Å². The molecule has 0 radical (unpaired) electrons. The summed E-state index contributed by atoms with van der Waals surface area (Å²) in [5.41, 5.74) is 6.54. The second-order valence-electron chi connectivity index (χ2n) is 6.96. The number of aromatic nitrogens is 1. The number of hydrogen-bond acceptors (Lipinski definition) is 3. The van der Waals surface area contributed by atoms with Crippen molar-refractivity contribution in [1.82, 2.24) is 9.88 Å². The van der Waals surface area contributed by atoms with Crippen LogP contribution in [-0.2, 0) is 0 Å². The monoisotopic (exact) mass is 355 g/mol. The topological polar surface area (TPSA) is 42.5 Å². The van der Waals surface area contributed by atoms with Gasteiger partial charge in [0.1, 0.15) is 17.2 Å². The predicted octanol–water partition coefficient (Wildman–Crippen LogP) is 4.86. The van der Waals surface area contributed by atoms with Gasteiger partial charge in [0.15, 0.2) is 0 Å². The number of furan rings is 1. The summed E-state index contributed by atoms with van der Waals surface area (Å²) in [6.45, 7) is 5.92. The Morgan fingerprint density at radius 3 is 2.44 bits per heavy atom. The van der Waals surface area contributed by atoms with Crippen LogP contribution in [0.25, 0.3) is 28.0 Å². The molecule has 134 valence electrons. The first-order valence-corrected chi connectivity index (χ1v) is 9.28. The summed E-state index contributed by atoms with van der Waals surface area (Å²) in [6.07, 6.45) is 0. The molecule has 0 fully saturated rings. The summed E-state index contributed by atoms with van der Waals surface area (Å²) in [6, 6.07) is 21.0. The molecule has 4 nitrogen and oxygen atoms in total. The number of amidine groups is 1.